The standard InChI is InChI=1S/C18H21N5O2.HI/c1-19-18(22-13-10-14-6-2-4-8-16(14)22)21-12-11-20-15-7-3-5-9-17(15)23(24)25;/h2-9,20H,10-13H2,1H3,(H,19,21);1H. The van der Waals surface area contributed by atoms with Gasteiger partial charge in [-0.1, -0.05) is 30.3 Å². The van der Waals surface area contributed by atoms with Gasteiger partial charge in [-0.3, -0.25) is 15.1 Å². The third kappa shape index (κ3) is 4.43. The number of anilines is 2. The average Bonchev–Trinajstić information content (AvgIpc) is 3.06. The van der Waals surface area contributed by atoms with Crippen molar-refractivity contribution in [1.29, 1.82) is 0 Å². The third-order valence-electron chi connectivity index (χ3n) is 4.18. The number of hydrogen-bond donors (Lipinski definition) is 2. The molecule has 0 unspecified atom stereocenters. The van der Waals surface area contributed by atoms with Crippen LogP contribution >= 0.6 is 24.0 Å². The molecule has 0 aliphatic carbocycles. The van der Waals surface area contributed by atoms with Crippen LogP contribution in [-0.2, 0) is 6.42 Å². The smallest absolute Gasteiger partial charge is 0.292 e. The molecule has 26 heavy (non-hydrogen) atoms. The van der Waals surface area contributed by atoms with Crippen LogP contribution in [0.15, 0.2) is 53.5 Å². The number of fused-ring (bicyclic) bond motifs is 1. The summed E-state index contributed by atoms with van der Waals surface area (Å²) in [7, 11) is 1.76. The summed E-state index contributed by atoms with van der Waals surface area (Å²) in [5.41, 5.74) is 3.11. The molecule has 2 N–H and O–H groups in total. The largest absolute Gasteiger partial charge is 0.378 e. The Hall–Kier alpha value is -2.36. The van der Waals surface area contributed by atoms with Crippen molar-refractivity contribution in [3.8, 4) is 0 Å². The molecule has 8 heteroatoms. The fourth-order valence-electron chi connectivity index (χ4n) is 3.01. The Morgan fingerprint density at radius 1 is 1.19 bits per heavy atom. The van der Waals surface area contributed by atoms with Crippen molar-refractivity contribution in [2.24, 2.45) is 4.99 Å². The number of nitrogens with zero attached hydrogens (tertiary/aromatic N) is 3. The number of hydrogen-bond acceptors (Lipinski definition) is 4. The Morgan fingerprint density at radius 2 is 1.92 bits per heavy atom. The van der Waals surface area contributed by atoms with E-state index >= 15 is 0 Å². The first-order chi connectivity index (χ1) is 12.2. The van der Waals surface area contributed by atoms with E-state index in [1.165, 1.54) is 17.3 Å². The summed E-state index contributed by atoms with van der Waals surface area (Å²) >= 11 is 0. The van der Waals surface area contributed by atoms with Gasteiger partial charge < -0.3 is 15.5 Å². The summed E-state index contributed by atoms with van der Waals surface area (Å²) in [5, 5.41) is 17.4. The molecule has 0 fully saturated rings. The Labute approximate surface area is 169 Å². The molecular weight excluding hydrogens is 445 g/mol. The van der Waals surface area contributed by atoms with Gasteiger partial charge in [0, 0.05) is 38.4 Å². The van der Waals surface area contributed by atoms with Crippen molar-refractivity contribution in [3.63, 3.8) is 0 Å². The molecular formula is C18H22IN5O2. The molecule has 1 aliphatic rings. The summed E-state index contributed by atoms with van der Waals surface area (Å²) in [6, 6.07) is 15.0. The summed E-state index contributed by atoms with van der Waals surface area (Å²) < 4.78 is 0. The maximum Gasteiger partial charge on any atom is 0.292 e. The lowest BCUT2D eigenvalue weighted by atomic mass is 10.2. The predicted octanol–water partition coefficient (Wildman–Crippen LogP) is 3.26. The van der Waals surface area contributed by atoms with Crippen LogP contribution in [0.25, 0.3) is 0 Å². The van der Waals surface area contributed by atoms with Gasteiger partial charge in [0.1, 0.15) is 5.69 Å². The zero-order valence-corrected chi connectivity index (χ0v) is 16.8. The van der Waals surface area contributed by atoms with E-state index in [0.717, 1.165) is 18.9 Å². The highest BCUT2D eigenvalue weighted by Gasteiger charge is 2.22. The quantitative estimate of drug-likeness (QED) is 0.176. The molecule has 1 heterocycles. The van der Waals surface area contributed by atoms with E-state index in [1.807, 2.05) is 6.07 Å². The van der Waals surface area contributed by atoms with Crippen LogP contribution in [0, 0.1) is 10.1 Å². The van der Waals surface area contributed by atoms with E-state index in [1.54, 1.807) is 25.2 Å². The van der Waals surface area contributed by atoms with Crippen molar-refractivity contribution in [3.05, 3.63) is 64.2 Å². The fraction of sp³-hybridized carbons (Fsp3) is 0.278. The van der Waals surface area contributed by atoms with Crippen molar-refractivity contribution < 1.29 is 4.92 Å². The molecule has 2 aromatic carbocycles. The van der Waals surface area contributed by atoms with E-state index in [4.69, 9.17) is 0 Å². The maximum absolute atomic E-state index is 11.0. The second kappa shape index (κ2) is 9.37. The molecule has 0 saturated carbocycles. The minimum absolute atomic E-state index is 0. The van der Waals surface area contributed by atoms with E-state index in [9.17, 15) is 10.1 Å². The van der Waals surface area contributed by atoms with Gasteiger partial charge in [0.05, 0.1) is 4.92 Å². The van der Waals surface area contributed by atoms with Gasteiger partial charge in [-0.25, -0.2) is 0 Å². The van der Waals surface area contributed by atoms with E-state index in [2.05, 4.69) is 38.7 Å². The van der Waals surface area contributed by atoms with Gasteiger partial charge >= 0.3 is 0 Å². The SMILES string of the molecule is CN=C(NCCNc1ccccc1[N+](=O)[O-])N1CCc2ccccc21.I. The van der Waals surface area contributed by atoms with E-state index in [-0.39, 0.29) is 34.6 Å². The Bertz CT molecular complexity index is 797. The number of rotatable bonds is 5. The molecule has 0 spiro atoms. The van der Waals surface area contributed by atoms with Gasteiger partial charge in [-0.15, -0.1) is 24.0 Å². The highest BCUT2D eigenvalue weighted by atomic mass is 127. The number of nitrogens with one attached hydrogen (secondary N) is 2. The topological polar surface area (TPSA) is 82.8 Å². The van der Waals surface area contributed by atoms with E-state index in [0.29, 0.717) is 18.8 Å². The first-order valence-corrected chi connectivity index (χ1v) is 8.24. The molecule has 0 amide bonds. The zero-order valence-electron chi connectivity index (χ0n) is 14.5. The third-order valence-corrected chi connectivity index (χ3v) is 4.18. The lowest BCUT2D eigenvalue weighted by Gasteiger charge is -2.22. The van der Waals surface area contributed by atoms with Crippen LogP contribution < -0.4 is 15.5 Å². The van der Waals surface area contributed by atoms with Crippen LogP contribution in [0.5, 0.6) is 0 Å². The second-order valence-electron chi connectivity index (χ2n) is 5.71. The van der Waals surface area contributed by atoms with Gasteiger partial charge in [0.25, 0.3) is 5.69 Å². The number of guanidine groups is 1. The summed E-state index contributed by atoms with van der Waals surface area (Å²) in [6.45, 7) is 2.06. The lowest BCUT2D eigenvalue weighted by Crippen LogP contribution is -2.42. The highest BCUT2D eigenvalue weighted by molar-refractivity contribution is 14.0. The van der Waals surface area contributed by atoms with Crippen molar-refractivity contribution in [2.45, 2.75) is 6.42 Å². The molecule has 0 saturated heterocycles. The van der Waals surface area contributed by atoms with Crippen LogP contribution in [0.1, 0.15) is 5.56 Å². The second-order valence-corrected chi connectivity index (χ2v) is 5.71. The molecule has 0 atom stereocenters. The number of nitro benzene ring substituents is 1. The predicted molar refractivity (Wildman–Crippen MR) is 116 cm³/mol. The number of halogens is 1. The first-order valence-electron chi connectivity index (χ1n) is 8.24. The van der Waals surface area contributed by atoms with Gasteiger partial charge in [-0.2, -0.15) is 0 Å². The summed E-state index contributed by atoms with van der Waals surface area (Å²) in [4.78, 5) is 17.2. The highest BCUT2D eigenvalue weighted by Crippen LogP contribution is 2.27. The maximum atomic E-state index is 11.0. The van der Waals surface area contributed by atoms with Crippen molar-refractivity contribution in [2.75, 3.05) is 36.9 Å². The summed E-state index contributed by atoms with van der Waals surface area (Å²) in [6.07, 6.45) is 1.01. The molecule has 0 aromatic heterocycles. The Kier molecular flexibility index (Phi) is 7.19. The van der Waals surface area contributed by atoms with Gasteiger partial charge in [-0.05, 0) is 24.1 Å². The number of para-hydroxylation sites is 3. The summed E-state index contributed by atoms with van der Waals surface area (Å²) in [5.74, 6) is 0.814. The molecule has 2 aromatic rings. The number of nitro groups is 1. The minimum atomic E-state index is -0.379. The van der Waals surface area contributed by atoms with Crippen LogP contribution in [-0.4, -0.2) is 37.6 Å². The molecule has 7 nitrogen and oxygen atoms in total. The lowest BCUT2D eigenvalue weighted by molar-refractivity contribution is -0.384. The number of aliphatic imine (C=N–C) groups is 1. The molecule has 0 bridgehead atoms. The monoisotopic (exact) mass is 467 g/mol. The van der Waals surface area contributed by atoms with E-state index < -0.39 is 0 Å². The minimum Gasteiger partial charge on any atom is -0.378 e. The fourth-order valence-corrected chi connectivity index (χ4v) is 3.01. The zero-order chi connectivity index (χ0) is 17.6. The van der Waals surface area contributed by atoms with Gasteiger partial charge in [0.15, 0.2) is 5.96 Å². The Morgan fingerprint density at radius 3 is 2.69 bits per heavy atom. The van der Waals surface area contributed by atoms with Gasteiger partial charge in [0.2, 0.25) is 0 Å². The molecule has 138 valence electrons. The number of benzene rings is 2. The van der Waals surface area contributed by atoms with Crippen LogP contribution in [0.3, 0.4) is 0 Å². The van der Waals surface area contributed by atoms with Crippen LogP contribution in [0.4, 0.5) is 17.1 Å². The molecule has 0 radical (unpaired) electrons. The molecule has 3 rings (SSSR count). The molecule has 1 aliphatic heterocycles. The first kappa shape index (κ1) is 20.0. The van der Waals surface area contributed by atoms with Crippen molar-refractivity contribution >= 4 is 47.0 Å². The average molecular weight is 467 g/mol. The van der Waals surface area contributed by atoms with Crippen LogP contribution in [0.2, 0.25) is 0 Å². The van der Waals surface area contributed by atoms with Crippen molar-refractivity contribution in [1.82, 2.24) is 5.32 Å². The normalized spacial score (nSPS) is 13.0. The Balaban J connectivity index is 0.00000243.